The van der Waals surface area contributed by atoms with Crippen LogP contribution in [0.1, 0.15) is 39.5 Å². The maximum atomic E-state index is 13.1. The maximum Gasteiger partial charge on any atom is 0.350 e. The minimum absolute atomic E-state index is 0.0975. The summed E-state index contributed by atoms with van der Waals surface area (Å²) in [6.45, 7) is 3.51. The number of hydrogen-bond donors (Lipinski definition) is 1. The number of thiazole rings is 1. The van der Waals surface area contributed by atoms with Crippen LogP contribution in [-0.4, -0.2) is 44.3 Å². The second-order valence-corrected chi connectivity index (χ2v) is 7.80. The molecule has 1 aliphatic rings. The van der Waals surface area contributed by atoms with Crippen LogP contribution in [0.5, 0.6) is 0 Å². The van der Waals surface area contributed by atoms with Gasteiger partial charge in [-0.25, -0.2) is 9.78 Å². The molecule has 4 rings (SSSR count). The van der Waals surface area contributed by atoms with Gasteiger partial charge < -0.3 is 9.84 Å². The van der Waals surface area contributed by atoms with Crippen LogP contribution >= 0.6 is 11.3 Å². The number of ketones is 1. The number of aryl methyl sites for hydroxylation is 1. The van der Waals surface area contributed by atoms with E-state index in [0.29, 0.717) is 16.8 Å². The number of amides is 1. The summed E-state index contributed by atoms with van der Waals surface area (Å²) < 4.78 is 5.06. The molecule has 162 valence electrons. The third kappa shape index (κ3) is 3.65. The van der Waals surface area contributed by atoms with E-state index in [-0.39, 0.29) is 27.9 Å². The predicted octanol–water partition coefficient (Wildman–Crippen LogP) is 3.04. The molecule has 1 aliphatic heterocycles. The summed E-state index contributed by atoms with van der Waals surface area (Å²) in [5.74, 6) is -2.61. The Kier molecular flexibility index (Phi) is 5.78. The molecular formula is C22H18N4O5S. The number of aliphatic hydroxyl groups is 1. The van der Waals surface area contributed by atoms with Gasteiger partial charge in [0, 0.05) is 30.4 Å². The smallest absolute Gasteiger partial charge is 0.350 e. The third-order valence-electron chi connectivity index (χ3n) is 4.85. The number of nitrogens with zero attached hydrogens (tertiary/aromatic N) is 4. The van der Waals surface area contributed by atoms with Gasteiger partial charge in [0.2, 0.25) is 0 Å². The molecule has 1 N–H and O–H groups in total. The van der Waals surface area contributed by atoms with Crippen molar-refractivity contribution in [3.05, 3.63) is 76.3 Å². The van der Waals surface area contributed by atoms with Gasteiger partial charge in [0.05, 0.1) is 23.9 Å². The number of aliphatic hydroxyl groups excluding tert-OH is 1. The van der Waals surface area contributed by atoms with Crippen molar-refractivity contribution in [1.82, 2.24) is 15.0 Å². The molecule has 1 fully saturated rings. The average Bonchev–Trinajstić information content (AvgIpc) is 3.32. The minimum atomic E-state index is -0.975. The summed E-state index contributed by atoms with van der Waals surface area (Å²) >= 11 is 0.951. The van der Waals surface area contributed by atoms with Gasteiger partial charge in [-0.2, -0.15) is 0 Å². The highest BCUT2D eigenvalue weighted by atomic mass is 32.1. The van der Waals surface area contributed by atoms with Gasteiger partial charge in [-0.1, -0.05) is 17.4 Å². The van der Waals surface area contributed by atoms with E-state index in [4.69, 9.17) is 4.74 Å². The van der Waals surface area contributed by atoms with Crippen LogP contribution in [0.25, 0.3) is 5.76 Å². The molecule has 0 saturated carbocycles. The number of aromatic nitrogens is 3. The van der Waals surface area contributed by atoms with Crippen LogP contribution in [0, 0.1) is 6.92 Å². The second kappa shape index (κ2) is 8.67. The summed E-state index contributed by atoms with van der Waals surface area (Å²) in [5.41, 5.74) is 1.13. The Morgan fingerprint density at radius 1 is 1.19 bits per heavy atom. The first-order valence-corrected chi connectivity index (χ1v) is 10.5. The van der Waals surface area contributed by atoms with Crippen molar-refractivity contribution in [1.29, 1.82) is 0 Å². The van der Waals surface area contributed by atoms with E-state index in [1.54, 1.807) is 32.2 Å². The lowest BCUT2D eigenvalue weighted by atomic mass is 9.97. The Bertz CT molecular complexity index is 1220. The quantitative estimate of drug-likeness (QED) is 0.272. The number of pyridine rings is 2. The highest BCUT2D eigenvalue weighted by molar-refractivity contribution is 7.17. The summed E-state index contributed by atoms with van der Waals surface area (Å²) in [6, 6.07) is 5.46. The Balaban J connectivity index is 1.89. The van der Waals surface area contributed by atoms with Gasteiger partial charge in [0.15, 0.2) is 5.13 Å². The summed E-state index contributed by atoms with van der Waals surface area (Å²) in [6.07, 6.45) is 6.01. The van der Waals surface area contributed by atoms with Crippen molar-refractivity contribution in [3.63, 3.8) is 0 Å². The van der Waals surface area contributed by atoms with Crippen LogP contribution in [0.15, 0.2) is 54.6 Å². The SMILES string of the molecule is CCOC(=O)c1sc(N2C(=O)C(=O)C(=C(O)c3ccncc3)C2c2cccnc2)nc1C. The first kappa shape index (κ1) is 21.3. The molecule has 10 heteroatoms. The first-order chi connectivity index (χ1) is 15.4. The molecule has 3 aromatic heterocycles. The van der Waals surface area contributed by atoms with Gasteiger partial charge in [0.25, 0.3) is 5.78 Å². The van der Waals surface area contributed by atoms with E-state index < -0.39 is 23.7 Å². The zero-order chi connectivity index (χ0) is 22.8. The molecule has 0 radical (unpaired) electrons. The maximum absolute atomic E-state index is 13.1. The standard InChI is InChI=1S/C22H18N4O5S/c1-3-31-21(30)19-12(2)25-22(32-19)26-16(14-5-4-8-24-11-14)15(18(28)20(26)29)17(27)13-6-9-23-10-7-13/h4-11,16,27H,3H2,1-2H3. The molecule has 0 aliphatic carbocycles. The zero-order valence-corrected chi connectivity index (χ0v) is 18.0. The molecule has 1 amide bonds. The topological polar surface area (TPSA) is 123 Å². The van der Waals surface area contributed by atoms with E-state index in [0.717, 1.165) is 11.3 Å². The van der Waals surface area contributed by atoms with E-state index >= 15 is 0 Å². The van der Waals surface area contributed by atoms with Crippen LogP contribution in [-0.2, 0) is 14.3 Å². The number of ether oxygens (including phenoxy) is 1. The molecule has 1 unspecified atom stereocenters. The van der Waals surface area contributed by atoms with Gasteiger partial charge in [0.1, 0.15) is 10.6 Å². The van der Waals surface area contributed by atoms with Gasteiger partial charge in [-0.15, -0.1) is 0 Å². The van der Waals surface area contributed by atoms with E-state index in [1.807, 2.05) is 0 Å². The highest BCUT2D eigenvalue weighted by Crippen LogP contribution is 2.43. The Hall–Kier alpha value is -3.92. The molecule has 9 nitrogen and oxygen atoms in total. The van der Waals surface area contributed by atoms with Gasteiger partial charge in [-0.3, -0.25) is 24.5 Å². The fourth-order valence-electron chi connectivity index (χ4n) is 3.42. The van der Waals surface area contributed by atoms with Crippen molar-refractivity contribution >= 4 is 39.9 Å². The molecule has 32 heavy (non-hydrogen) atoms. The number of Topliss-reactive ketones (excluding diaryl/α,β-unsaturated/α-hetero) is 1. The molecule has 0 spiro atoms. The monoisotopic (exact) mass is 450 g/mol. The van der Waals surface area contributed by atoms with Crippen LogP contribution in [0.4, 0.5) is 5.13 Å². The molecule has 3 aromatic rings. The van der Waals surface area contributed by atoms with Crippen molar-refractivity contribution in [2.45, 2.75) is 19.9 Å². The number of carbonyl (C=O) groups is 3. The number of anilines is 1. The molecule has 1 atom stereocenters. The predicted molar refractivity (Wildman–Crippen MR) is 116 cm³/mol. The number of esters is 1. The second-order valence-electron chi connectivity index (χ2n) is 6.82. The lowest BCUT2D eigenvalue weighted by Gasteiger charge is -2.22. The van der Waals surface area contributed by atoms with E-state index in [2.05, 4.69) is 15.0 Å². The first-order valence-electron chi connectivity index (χ1n) is 9.69. The number of carbonyl (C=O) groups excluding carboxylic acids is 3. The fraction of sp³-hybridized carbons (Fsp3) is 0.182. The molecule has 1 saturated heterocycles. The lowest BCUT2D eigenvalue weighted by molar-refractivity contribution is -0.132. The minimum Gasteiger partial charge on any atom is -0.507 e. The fourth-order valence-corrected chi connectivity index (χ4v) is 4.41. The summed E-state index contributed by atoms with van der Waals surface area (Å²) in [4.78, 5) is 52.2. The van der Waals surface area contributed by atoms with Crippen molar-refractivity contribution in [3.8, 4) is 0 Å². The van der Waals surface area contributed by atoms with Gasteiger partial charge in [-0.05, 0) is 37.6 Å². The van der Waals surface area contributed by atoms with Crippen LogP contribution < -0.4 is 4.90 Å². The molecule has 0 aromatic carbocycles. The highest BCUT2D eigenvalue weighted by Gasteiger charge is 2.48. The normalized spacial score (nSPS) is 17.6. The number of rotatable bonds is 5. The van der Waals surface area contributed by atoms with Crippen LogP contribution in [0.3, 0.4) is 0 Å². The molecular weight excluding hydrogens is 432 g/mol. The van der Waals surface area contributed by atoms with E-state index in [9.17, 15) is 19.5 Å². The Morgan fingerprint density at radius 2 is 1.94 bits per heavy atom. The number of hydrogen-bond acceptors (Lipinski definition) is 9. The zero-order valence-electron chi connectivity index (χ0n) is 17.2. The largest absolute Gasteiger partial charge is 0.507 e. The van der Waals surface area contributed by atoms with Crippen molar-refractivity contribution in [2.75, 3.05) is 11.5 Å². The third-order valence-corrected chi connectivity index (χ3v) is 5.99. The summed E-state index contributed by atoms with van der Waals surface area (Å²) in [5, 5.41) is 11.1. The summed E-state index contributed by atoms with van der Waals surface area (Å²) in [7, 11) is 0. The Morgan fingerprint density at radius 3 is 2.59 bits per heavy atom. The molecule has 0 bridgehead atoms. The van der Waals surface area contributed by atoms with Crippen molar-refractivity contribution in [2.24, 2.45) is 0 Å². The van der Waals surface area contributed by atoms with Crippen LogP contribution in [0.2, 0.25) is 0 Å². The average molecular weight is 450 g/mol. The van der Waals surface area contributed by atoms with Gasteiger partial charge >= 0.3 is 11.9 Å². The lowest BCUT2D eigenvalue weighted by Crippen LogP contribution is -2.29. The van der Waals surface area contributed by atoms with Crippen molar-refractivity contribution < 1.29 is 24.2 Å². The Labute approximate surface area is 187 Å². The van der Waals surface area contributed by atoms with E-state index in [1.165, 1.54) is 35.6 Å². The molecule has 4 heterocycles.